The lowest BCUT2D eigenvalue weighted by Gasteiger charge is -2.37. The molecule has 1 saturated carbocycles. The molecule has 15 nitrogen and oxygen atoms in total. The lowest BCUT2D eigenvalue weighted by Crippen LogP contribution is -2.41. The molecule has 1 aromatic carbocycles. The molecule has 9 rings (SSSR count). The number of piperidine rings is 2. The molecule has 4 aromatic heterocycles. The van der Waals surface area contributed by atoms with Gasteiger partial charge in [-0.15, -0.1) is 0 Å². The average molecular weight is 837 g/mol. The van der Waals surface area contributed by atoms with Crippen LogP contribution in [0.15, 0.2) is 49.1 Å². The number of benzene rings is 1. The van der Waals surface area contributed by atoms with E-state index in [1.807, 2.05) is 40.8 Å². The summed E-state index contributed by atoms with van der Waals surface area (Å²) in [5, 5.41) is 12.5. The number of aryl methyl sites for hydroxylation is 1. The number of nitrogens with zero attached hydrogens (tertiary/aromatic N) is 8. The zero-order valence-corrected chi connectivity index (χ0v) is 34.1. The van der Waals surface area contributed by atoms with Crippen LogP contribution in [-0.2, 0) is 19.1 Å². The molecule has 0 radical (unpaired) electrons. The quantitative estimate of drug-likeness (QED) is 0.144. The summed E-state index contributed by atoms with van der Waals surface area (Å²) in [5.74, 6) is 5.84. The molecule has 3 saturated heterocycles. The molecule has 0 spiro atoms. The van der Waals surface area contributed by atoms with Gasteiger partial charge in [0, 0.05) is 68.3 Å². The van der Waals surface area contributed by atoms with Gasteiger partial charge in [0.15, 0.2) is 11.3 Å². The minimum absolute atomic E-state index is 0.00367. The molecular formula is C44H50F2N10O5. The van der Waals surface area contributed by atoms with Gasteiger partial charge >= 0.3 is 0 Å². The summed E-state index contributed by atoms with van der Waals surface area (Å²) in [6.07, 6.45) is 10.6. The Kier molecular flexibility index (Phi) is 11.6. The molecule has 61 heavy (non-hydrogen) atoms. The van der Waals surface area contributed by atoms with Crippen LogP contribution in [0, 0.1) is 24.7 Å². The molecule has 17 heteroatoms. The maximum Gasteiger partial charge on any atom is 0.284 e. The first-order valence-electron chi connectivity index (χ1n) is 21.2. The van der Waals surface area contributed by atoms with E-state index >= 15 is 0 Å². The number of ether oxygens (including phenoxy) is 2. The number of aromatic nitrogens is 6. The molecule has 3 N–H and O–H groups in total. The van der Waals surface area contributed by atoms with Gasteiger partial charge in [-0.05, 0) is 81.5 Å². The van der Waals surface area contributed by atoms with E-state index in [1.54, 1.807) is 29.3 Å². The topological polar surface area (TPSA) is 167 Å². The number of nitrogens with two attached hydrogens (primary N) is 1. The van der Waals surface area contributed by atoms with E-state index in [1.165, 1.54) is 4.52 Å². The fraction of sp³-hybridized carbons (Fsp3) is 0.500. The van der Waals surface area contributed by atoms with Gasteiger partial charge in [0.05, 0.1) is 42.6 Å². The van der Waals surface area contributed by atoms with Gasteiger partial charge in [0.1, 0.15) is 23.9 Å². The number of morpholine rings is 1. The third-order valence-corrected chi connectivity index (χ3v) is 12.8. The van der Waals surface area contributed by atoms with Crippen LogP contribution >= 0.6 is 0 Å². The number of amides is 3. The number of likely N-dealkylation sites (tertiary alicyclic amines) is 1. The second kappa shape index (κ2) is 17.3. The lowest BCUT2D eigenvalue weighted by atomic mass is 9.85. The van der Waals surface area contributed by atoms with Crippen molar-refractivity contribution in [1.29, 1.82) is 0 Å². The van der Waals surface area contributed by atoms with Crippen LogP contribution in [0.3, 0.4) is 0 Å². The molecule has 0 bridgehead atoms. The van der Waals surface area contributed by atoms with E-state index < -0.39 is 24.4 Å². The maximum atomic E-state index is 14.6. The van der Waals surface area contributed by atoms with Crippen molar-refractivity contribution in [1.82, 2.24) is 39.2 Å². The predicted octanol–water partition coefficient (Wildman–Crippen LogP) is 5.05. The average Bonchev–Trinajstić information content (AvgIpc) is 3.98. The normalized spacial score (nSPS) is 23.1. The van der Waals surface area contributed by atoms with Gasteiger partial charge in [0.2, 0.25) is 11.8 Å². The third-order valence-electron chi connectivity index (χ3n) is 12.8. The second-order valence-corrected chi connectivity index (χ2v) is 16.7. The number of carbonyl (C=O) groups excluding carboxylic acids is 3. The molecule has 4 aliphatic rings. The minimum atomic E-state index is -2.79. The second-order valence-electron chi connectivity index (χ2n) is 16.7. The van der Waals surface area contributed by atoms with E-state index in [9.17, 15) is 23.2 Å². The van der Waals surface area contributed by atoms with Crippen LogP contribution < -0.4 is 16.0 Å². The number of hydrogen-bond donors (Lipinski definition) is 2. The summed E-state index contributed by atoms with van der Waals surface area (Å²) in [6, 6.07) is 6.56. The fourth-order valence-corrected chi connectivity index (χ4v) is 9.78. The summed E-state index contributed by atoms with van der Waals surface area (Å²) >= 11 is 0. The van der Waals surface area contributed by atoms with Crippen molar-refractivity contribution in [3.8, 4) is 11.8 Å². The van der Waals surface area contributed by atoms with Crippen molar-refractivity contribution in [3.05, 3.63) is 77.1 Å². The van der Waals surface area contributed by atoms with Crippen LogP contribution in [0.2, 0.25) is 0 Å². The Morgan fingerprint density at radius 2 is 1.85 bits per heavy atom. The predicted molar refractivity (Wildman–Crippen MR) is 221 cm³/mol. The molecule has 3 aliphatic heterocycles. The number of anilines is 1. The fourth-order valence-electron chi connectivity index (χ4n) is 9.78. The lowest BCUT2D eigenvalue weighted by molar-refractivity contribution is -0.135. The van der Waals surface area contributed by atoms with E-state index in [2.05, 4.69) is 37.2 Å². The Bertz CT molecular complexity index is 2500. The van der Waals surface area contributed by atoms with Crippen LogP contribution in [0.1, 0.15) is 109 Å². The molecular weight excluding hydrogens is 787 g/mol. The third kappa shape index (κ3) is 8.23. The number of hydrogen-bond acceptors (Lipinski definition) is 10. The highest BCUT2D eigenvalue weighted by atomic mass is 19.3. The smallest absolute Gasteiger partial charge is 0.284 e. The van der Waals surface area contributed by atoms with Crippen molar-refractivity contribution in [2.24, 2.45) is 11.7 Å². The number of primary amides is 1. The Hall–Kier alpha value is -5.70. The maximum absolute atomic E-state index is 14.6. The Labute approximate surface area is 351 Å². The summed E-state index contributed by atoms with van der Waals surface area (Å²) in [7, 11) is 0. The van der Waals surface area contributed by atoms with Crippen molar-refractivity contribution in [2.45, 2.75) is 88.9 Å². The number of alkyl halides is 2. The van der Waals surface area contributed by atoms with Gasteiger partial charge in [-0.2, -0.15) is 10.2 Å². The molecule has 0 unspecified atom stereocenters. The van der Waals surface area contributed by atoms with Gasteiger partial charge in [-0.3, -0.25) is 24.4 Å². The first-order valence-corrected chi connectivity index (χ1v) is 21.2. The SMILES string of the molecule is Cc1cn([C@@H]2CCC(=O)NC2=O)c2cccc(C#CCOC3CCN(CC4CCC(n5cc(N6CCOC[C@H]6c6nn7cccnc7c6C(N)=O)c(C(F)F)n5)CC4)CC3)c12. The number of nitrogens with one attached hydrogen (secondary N) is 1. The van der Waals surface area contributed by atoms with Gasteiger partial charge in [-0.1, -0.05) is 17.9 Å². The van der Waals surface area contributed by atoms with Crippen LogP contribution in [-0.4, -0.2) is 104 Å². The monoisotopic (exact) mass is 836 g/mol. The van der Waals surface area contributed by atoms with Gasteiger partial charge in [0.25, 0.3) is 12.3 Å². The van der Waals surface area contributed by atoms with E-state index in [0.717, 1.165) is 80.2 Å². The number of rotatable bonds is 10. The first-order chi connectivity index (χ1) is 29.6. The molecule has 1 aliphatic carbocycles. The first kappa shape index (κ1) is 40.7. The van der Waals surface area contributed by atoms with Gasteiger partial charge < -0.3 is 29.6 Å². The van der Waals surface area contributed by atoms with Crippen LogP contribution in [0.4, 0.5) is 14.5 Å². The Morgan fingerprint density at radius 3 is 2.62 bits per heavy atom. The zero-order chi connectivity index (χ0) is 42.2. The van der Waals surface area contributed by atoms with Gasteiger partial charge in [-0.25, -0.2) is 18.3 Å². The van der Waals surface area contributed by atoms with Crippen molar-refractivity contribution >= 4 is 40.0 Å². The number of fused-ring (bicyclic) bond motifs is 2. The highest BCUT2D eigenvalue weighted by Gasteiger charge is 2.37. The Balaban J connectivity index is 0.774. The summed E-state index contributed by atoms with van der Waals surface area (Å²) < 4.78 is 46.4. The number of carbonyl (C=O) groups is 3. The molecule has 2 atom stereocenters. The molecule has 7 heterocycles. The van der Waals surface area contributed by atoms with E-state index in [0.29, 0.717) is 55.5 Å². The van der Waals surface area contributed by atoms with Crippen LogP contribution in [0.25, 0.3) is 16.6 Å². The summed E-state index contributed by atoms with van der Waals surface area (Å²) in [5.41, 5.74) is 9.46. The molecule has 320 valence electrons. The van der Waals surface area contributed by atoms with E-state index in [4.69, 9.17) is 15.2 Å². The highest BCUT2D eigenvalue weighted by molar-refractivity contribution is 6.01. The van der Waals surface area contributed by atoms with Crippen molar-refractivity contribution in [3.63, 3.8) is 0 Å². The standard InChI is InChI=1S/C44H50F2N10O5/c1-27-23-54(33-12-13-36(57)49-44(33)59)32-7-2-5-29(37(27)32)6-3-21-61-31-14-18-52(19-15-31)24-28-8-10-30(11-9-28)56-25-34(40(51-56)41(45)46)53-20-22-60-26-35(53)39-38(42(47)58)43-48-16-4-17-55(43)50-39/h2,4-5,7,16-17,23,25,28,30-31,33,35,41H,8-15,18-22,24,26H2,1H3,(H2,47,58)(H,49,57,59)/t28?,30?,33-,35+/m1/s1. The molecule has 3 amide bonds. The molecule has 4 fully saturated rings. The van der Waals surface area contributed by atoms with Crippen molar-refractivity contribution in [2.75, 3.05) is 50.9 Å². The molecule has 5 aromatic rings. The minimum Gasteiger partial charge on any atom is -0.377 e. The summed E-state index contributed by atoms with van der Waals surface area (Å²) in [4.78, 5) is 45.5. The van der Waals surface area contributed by atoms with Crippen molar-refractivity contribution < 1.29 is 32.6 Å². The highest BCUT2D eigenvalue weighted by Crippen LogP contribution is 2.40. The number of halogens is 2. The zero-order valence-electron chi connectivity index (χ0n) is 34.1. The largest absolute Gasteiger partial charge is 0.377 e. The Morgan fingerprint density at radius 1 is 1.03 bits per heavy atom. The van der Waals surface area contributed by atoms with Crippen LogP contribution in [0.5, 0.6) is 0 Å². The summed E-state index contributed by atoms with van der Waals surface area (Å²) in [6.45, 7) is 6.04. The van der Waals surface area contributed by atoms with E-state index in [-0.39, 0.29) is 41.8 Å². The number of imide groups is 1.